The Morgan fingerprint density at radius 1 is 1.20 bits per heavy atom. The molecule has 0 aliphatic carbocycles. The van der Waals surface area contributed by atoms with Crippen molar-refractivity contribution in [1.82, 2.24) is 9.97 Å². The Balaban J connectivity index is 2.19. The van der Waals surface area contributed by atoms with Crippen LogP contribution in [-0.4, -0.2) is 16.5 Å². The van der Waals surface area contributed by atoms with E-state index < -0.39 is 0 Å². The number of halogens is 2. The third-order valence-corrected chi connectivity index (χ3v) is 4.08. The monoisotopic (exact) mass is 398 g/mol. The van der Waals surface area contributed by atoms with Gasteiger partial charge in [-0.05, 0) is 47.5 Å². The molecule has 6 heteroatoms. The zero-order chi connectivity index (χ0) is 14.5. The topological polar surface area (TPSA) is 49.8 Å². The van der Waals surface area contributed by atoms with Crippen molar-refractivity contribution >= 4 is 43.5 Å². The number of nitrogens with zero attached hydrogens (tertiary/aromatic N) is 2. The van der Waals surface area contributed by atoms with Crippen molar-refractivity contribution < 1.29 is 0 Å². The summed E-state index contributed by atoms with van der Waals surface area (Å²) in [5.74, 6) is 1.58. The van der Waals surface area contributed by atoms with Crippen molar-refractivity contribution in [3.63, 3.8) is 0 Å². The summed E-state index contributed by atoms with van der Waals surface area (Å²) in [5, 5.41) is 6.59. The van der Waals surface area contributed by atoms with E-state index in [0.29, 0.717) is 0 Å². The Hall–Kier alpha value is -1.14. The van der Waals surface area contributed by atoms with Gasteiger partial charge in [0.2, 0.25) is 0 Å². The Labute approximate surface area is 135 Å². The smallest absolute Gasteiger partial charge is 0.146 e. The molecule has 106 valence electrons. The second-order valence-electron chi connectivity index (χ2n) is 4.34. The summed E-state index contributed by atoms with van der Waals surface area (Å²) in [6.07, 6.45) is 1.55. The minimum absolute atomic E-state index is 0.146. The molecule has 2 rings (SSSR count). The van der Waals surface area contributed by atoms with Gasteiger partial charge < -0.3 is 10.6 Å². The highest BCUT2D eigenvalue weighted by Gasteiger charge is 2.12. The van der Waals surface area contributed by atoms with E-state index in [2.05, 4.69) is 71.5 Å². The van der Waals surface area contributed by atoms with Crippen LogP contribution in [0.1, 0.15) is 25.5 Å². The molecule has 0 saturated carbocycles. The number of aromatic nitrogens is 2. The molecule has 1 aromatic carbocycles. The molecule has 0 amide bonds. The fraction of sp³-hybridized carbons (Fsp3) is 0.286. The predicted octanol–water partition coefficient (Wildman–Crippen LogP) is 4.61. The minimum Gasteiger partial charge on any atom is -0.369 e. The number of hydrogen-bond donors (Lipinski definition) is 2. The molecule has 1 atom stereocenters. The normalized spacial score (nSPS) is 12.0. The van der Waals surface area contributed by atoms with Crippen molar-refractivity contribution in [3.8, 4) is 0 Å². The van der Waals surface area contributed by atoms with E-state index >= 15 is 0 Å². The molecule has 0 saturated heterocycles. The summed E-state index contributed by atoms with van der Waals surface area (Å²) in [5.41, 5.74) is 1.19. The highest BCUT2D eigenvalue weighted by Crippen LogP contribution is 2.29. The van der Waals surface area contributed by atoms with Crippen LogP contribution < -0.4 is 10.6 Å². The Morgan fingerprint density at radius 2 is 1.95 bits per heavy atom. The summed E-state index contributed by atoms with van der Waals surface area (Å²) < 4.78 is 1.92. The molecule has 4 nitrogen and oxygen atoms in total. The van der Waals surface area contributed by atoms with Gasteiger partial charge in [-0.3, -0.25) is 0 Å². The van der Waals surface area contributed by atoms with Crippen LogP contribution in [0.4, 0.5) is 11.6 Å². The van der Waals surface area contributed by atoms with Gasteiger partial charge in [0.15, 0.2) is 0 Å². The van der Waals surface area contributed by atoms with Gasteiger partial charge in [-0.1, -0.05) is 28.1 Å². The maximum atomic E-state index is 4.29. The first-order valence-electron chi connectivity index (χ1n) is 6.38. The molecule has 0 bridgehead atoms. The Morgan fingerprint density at radius 3 is 2.65 bits per heavy atom. The zero-order valence-corrected chi connectivity index (χ0v) is 14.5. The second kappa shape index (κ2) is 7.04. The lowest BCUT2D eigenvalue weighted by Gasteiger charge is -2.17. The van der Waals surface area contributed by atoms with E-state index in [1.807, 2.05) is 19.1 Å². The van der Waals surface area contributed by atoms with Crippen molar-refractivity contribution in [2.24, 2.45) is 0 Å². The average Bonchev–Trinajstić information content (AvgIpc) is 2.43. The van der Waals surface area contributed by atoms with Crippen molar-refractivity contribution in [2.45, 2.75) is 19.9 Å². The van der Waals surface area contributed by atoms with E-state index in [9.17, 15) is 0 Å². The first-order valence-corrected chi connectivity index (χ1v) is 7.96. The molecule has 0 spiro atoms. The van der Waals surface area contributed by atoms with Crippen LogP contribution in [0.2, 0.25) is 0 Å². The quantitative estimate of drug-likeness (QED) is 0.770. The molecule has 2 aromatic rings. The van der Waals surface area contributed by atoms with Crippen molar-refractivity contribution in [2.75, 3.05) is 17.2 Å². The molecule has 0 fully saturated rings. The molecule has 1 unspecified atom stereocenters. The fourth-order valence-corrected chi connectivity index (χ4v) is 2.70. The molecule has 0 radical (unpaired) electrons. The van der Waals surface area contributed by atoms with E-state index in [1.165, 1.54) is 5.56 Å². The van der Waals surface area contributed by atoms with Gasteiger partial charge in [0.25, 0.3) is 0 Å². The Bertz CT molecular complexity index is 589. The van der Waals surface area contributed by atoms with Crippen LogP contribution in [0.25, 0.3) is 0 Å². The largest absolute Gasteiger partial charge is 0.369 e. The number of anilines is 2. The van der Waals surface area contributed by atoms with Crippen LogP contribution in [0.5, 0.6) is 0 Å². The van der Waals surface area contributed by atoms with Gasteiger partial charge in [-0.15, -0.1) is 0 Å². The summed E-state index contributed by atoms with van der Waals surface area (Å²) >= 11 is 7.03. The third kappa shape index (κ3) is 3.70. The van der Waals surface area contributed by atoms with E-state index in [-0.39, 0.29) is 6.04 Å². The number of benzene rings is 1. The van der Waals surface area contributed by atoms with Crippen LogP contribution in [0.3, 0.4) is 0 Å². The zero-order valence-electron chi connectivity index (χ0n) is 11.3. The van der Waals surface area contributed by atoms with Crippen molar-refractivity contribution in [3.05, 3.63) is 45.1 Å². The summed E-state index contributed by atoms with van der Waals surface area (Å²) in [6, 6.07) is 8.37. The van der Waals surface area contributed by atoms with Gasteiger partial charge in [-0.25, -0.2) is 9.97 Å². The molecule has 0 aliphatic heterocycles. The summed E-state index contributed by atoms with van der Waals surface area (Å²) in [6.45, 7) is 4.95. The van der Waals surface area contributed by atoms with Gasteiger partial charge in [0.1, 0.15) is 22.4 Å². The van der Waals surface area contributed by atoms with Gasteiger partial charge in [-0.2, -0.15) is 0 Å². The molecule has 0 aliphatic rings. The Kier molecular flexibility index (Phi) is 5.37. The van der Waals surface area contributed by atoms with Crippen LogP contribution in [-0.2, 0) is 0 Å². The van der Waals surface area contributed by atoms with E-state index in [1.54, 1.807) is 6.33 Å². The van der Waals surface area contributed by atoms with E-state index in [0.717, 1.165) is 27.1 Å². The van der Waals surface area contributed by atoms with Crippen molar-refractivity contribution in [1.29, 1.82) is 0 Å². The average molecular weight is 400 g/mol. The SMILES string of the molecule is CCNc1ncnc(NC(C)c2cccc(Br)c2)c1Br. The van der Waals surface area contributed by atoms with Gasteiger partial charge in [0.05, 0.1) is 6.04 Å². The maximum absolute atomic E-state index is 4.29. The number of nitrogens with one attached hydrogen (secondary N) is 2. The lowest BCUT2D eigenvalue weighted by Crippen LogP contribution is -2.10. The molecule has 2 N–H and O–H groups in total. The minimum atomic E-state index is 0.146. The van der Waals surface area contributed by atoms with Crippen LogP contribution in [0.15, 0.2) is 39.5 Å². The molecular weight excluding hydrogens is 384 g/mol. The highest BCUT2D eigenvalue weighted by molar-refractivity contribution is 9.11. The first-order chi connectivity index (χ1) is 9.61. The van der Waals surface area contributed by atoms with Crippen LogP contribution in [0, 0.1) is 0 Å². The molecule has 1 aromatic heterocycles. The second-order valence-corrected chi connectivity index (χ2v) is 6.04. The van der Waals surface area contributed by atoms with Gasteiger partial charge >= 0.3 is 0 Å². The fourth-order valence-electron chi connectivity index (χ4n) is 1.83. The maximum Gasteiger partial charge on any atom is 0.146 e. The molecular formula is C14H16Br2N4. The molecule has 20 heavy (non-hydrogen) atoms. The van der Waals surface area contributed by atoms with Gasteiger partial charge in [0, 0.05) is 11.0 Å². The predicted molar refractivity (Wildman–Crippen MR) is 90.1 cm³/mol. The molecule has 1 heterocycles. The lowest BCUT2D eigenvalue weighted by molar-refractivity contribution is 0.868. The summed E-state index contributed by atoms with van der Waals surface area (Å²) in [7, 11) is 0. The third-order valence-electron chi connectivity index (χ3n) is 2.84. The highest BCUT2D eigenvalue weighted by atomic mass is 79.9. The first kappa shape index (κ1) is 15.3. The lowest BCUT2D eigenvalue weighted by atomic mass is 10.1. The summed E-state index contributed by atoms with van der Waals surface area (Å²) in [4.78, 5) is 8.49. The number of rotatable bonds is 5. The standard InChI is InChI=1S/C14H16Br2N4/c1-3-17-13-12(16)14(19-8-18-13)20-9(2)10-5-4-6-11(15)7-10/h4-9H,3H2,1-2H3,(H2,17,18,19,20). The van der Waals surface area contributed by atoms with Crippen LogP contribution >= 0.6 is 31.9 Å². The number of hydrogen-bond acceptors (Lipinski definition) is 4. The van der Waals surface area contributed by atoms with E-state index in [4.69, 9.17) is 0 Å².